The number of hydrogen-bond acceptors (Lipinski definition) is 5. The minimum absolute atomic E-state index is 0.152. The first kappa shape index (κ1) is 17.4. The van der Waals surface area contributed by atoms with Crippen LogP contribution in [0.1, 0.15) is 10.4 Å². The van der Waals surface area contributed by atoms with Crippen LogP contribution in [0.25, 0.3) is 0 Å². The third kappa shape index (κ3) is 2.69. The van der Waals surface area contributed by atoms with E-state index in [4.69, 9.17) is 36.0 Å². The quantitative estimate of drug-likeness (QED) is 0.554. The third-order valence-electron chi connectivity index (χ3n) is 3.97. The number of nitrogens with zero attached hydrogens (tertiary/aromatic N) is 3. The van der Waals surface area contributed by atoms with Crippen molar-refractivity contribution >= 4 is 79.8 Å². The normalized spacial score (nSPS) is 19.3. The molecular weight excluding hydrogens is 410 g/mol. The van der Waals surface area contributed by atoms with Crippen LogP contribution in [0.3, 0.4) is 0 Å². The molecule has 2 fully saturated rings. The largest absolute Gasteiger partial charge is 0.276 e. The van der Waals surface area contributed by atoms with Gasteiger partial charge >= 0.3 is 0 Å². The maximum absolute atomic E-state index is 12.9. The van der Waals surface area contributed by atoms with Crippen LogP contribution in [0.5, 0.6) is 0 Å². The van der Waals surface area contributed by atoms with E-state index in [0.29, 0.717) is 26.4 Å². The van der Waals surface area contributed by atoms with Crippen molar-refractivity contribution in [1.29, 1.82) is 0 Å². The van der Waals surface area contributed by atoms with Gasteiger partial charge in [-0.1, -0.05) is 48.2 Å². The summed E-state index contributed by atoms with van der Waals surface area (Å²) in [5.41, 5.74) is 1.67. The molecule has 0 aromatic heterocycles. The van der Waals surface area contributed by atoms with Gasteiger partial charge in [0.2, 0.25) is 5.11 Å². The number of thiocarbonyl (C=S) groups is 2. The smallest absolute Gasteiger partial charge is 0.269 e. The zero-order valence-corrected chi connectivity index (χ0v) is 16.2. The van der Waals surface area contributed by atoms with Gasteiger partial charge in [0.1, 0.15) is 0 Å². The van der Waals surface area contributed by atoms with Crippen LogP contribution in [0.15, 0.2) is 54.6 Å². The van der Waals surface area contributed by atoms with E-state index in [0.717, 1.165) is 0 Å². The lowest BCUT2D eigenvalue weighted by atomic mass is 10.2. The van der Waals surface area contributed by atoms with Gasteiger partial charge in [0.25, 0.3) is 11.1 Å². The number of halogens is 1. The minimum Gasteiger partial charge on any atom is -0.276 e. The number of amides is 1. The van der Waals surface area contributed by atoms with Crippen molar-refractivity contribution in [2.75, 3.05) is 9.91 Å². The van der Waals surface area contributed by atoms with Gasteiger partial charge in [0, 0.05) is 5.56 Å². The van der Waals surface area contributed by atoms with E-state index in [2.05, 4.69) is 0 Å². The minimum atomic E-state index is -0.564. The van der Waals surface area contributed by atoms with Crippen LogP contribution in [-0.4, -0.2) is 31.0 Å². The summed E-state index contributed by atoms with van der Waals surface area (Å²) >= 11 is 17.9. The first-order valence-corrected chi connectivity index (χ1v) is 9.59. The first-order chi connectivity index (χ1) is 12.5. The molecule has 0 N–H and O–H groups in total. The molecule has 9 heteroatoms. The Morgan fingerprint density at radius 1 is 1.04 bits per heavy atom. The second-order valence-corrected chi connectivity index (χ2v) is 7.93. The molecule has 5 nitrogen and oxygen atoms in total. The van der Waals surface area contributed by atoms with Crippen LogP contribution in [0.4, 0.5) is 11.4 Å². The van der Waals surface area contributed by atoms with Crippen molar-refractivity contribution in [2.24, 2.45) is 0 Å². The number of carbonyl (C=O) groups excluding carboxylic acids is 2. The SMILES string of the molecule is O=C(Cl)c1cccc(N2C(=S)SC3C(=O)N(c4ccccc4)C(=S)N32)c1. The van der Waals surface area contributed by atoms with Gasteiger partial charge in [-0.15, -0.1) is 0 Å². The highest BCUT2D eigenvalue weighted by molar-refractivity contribution is 8.24. The van der Waals surface area contributed by atoms with Crippen molar-refractivity contribution in [3.8, 4) is 0 Å². The van der Waals surface area contributed by atoms with Crippen molar-refractivity contribution in [1.82, 2.24) is 5.01 Å². The lowest BCUT2D eigenvalue weighted by Gasteiger charge is -2.29. The molecule has 2 heterocycles. The van der Waals surface area contributed by atoms with Gasteiger partial charge in [0.15, 0.2) is 9.69 Å². The average molecular weight is 420 g/mol. The van der Waals surface area contributed by atoms with Crippen LogP contribution >= 0.6 is 47.8 Å². The van der Waals surface area contributed by atoms with Crippen molar-refractivity contribution in [3.63, 3.8) is 0 Å². The number of benzene rings is 2. The number of anilines is 2. The molecule has 2 aromatic carbocycles. The van der Waals surface area contributed by atoms with Crippen molar-refractivity contribution in [2.45, 2.75) is 5.37 Å². The van der Waals surface area contributed by atoms with Gasteiger partial charge in [-0.05, 0) is 54.2 Å². The molecule has 2 saturated heterocycles. The van der Waals surface area contributed by atoms with Gasteiger partial charge < -0.3 is 0 Å². The summed E-state index contributed by atoms with van der Waals surface area (Å²) in [4.78, 5) is 25.9. The predicted octanol–water partition coefficient (Wildman–Crippen LogP) is 3.78. The summed E-state index contributed by atoms with van der Waals surface area (Å²) in [6.45, 7) is 0. The van der Waals surface area contributed by atoms with E-state index in [1.807, 2.05) is 30.3 Å². The number of para-hydroxylation sites is 1. The highest BCUT2D eigenvalue weighted by Gasteiger charge is 2.53. The average Bonchev–Trinajstić information content (AvgIpc) is 3.10. The second-order valence-electron chi connectivity index (χ2n) is 5.51. The molecule has 2 aromatic rings. The number of rotatable bonds is 3. The summed E-state index contributed by atoms with van der Waals surface area (Å²) in [6, 6.07) is 16.0. The Labute approximate surface area is 169 Å². The molecule has 4 rings (SSSR count). The summed E-state index contributed by atoms with van der Waals surface area (Å²) in [6.07, 6.45) is 0. The van der Waals surface area contributed by atoms with E-state index in [-0.39, 0.29) is 5.91 Å². The van der Waals surface area contributed by atoms with Gasteiger partial charge in [-0.25, -0.2) is 10.0 Å². The Morgan fingerprint density at radius 3 is 2.42 bits per heavy atom. The maximum Gasteiger partial charge on any atom is 0.269 e. The fourth-order valence-electron chi connectivity index (χ4n) is 2.84. The summed E-state index contributed by atoms with van der Waals surface area (Å²) in [5, 5.41) is 2.56. The number of thioether (sulfide) groups is 1. The fraction of sp³-hybridized carbons (Fsp3) is 0.0588. The standard InChI is InChI=1S/C17H10ClN3O2S3/c18-13(22)10-5-4-8-12(9-10)20-17(25)26-15-14(23)19(16(24)21(15)20)11-6-2-1-3-7-11/h1-9,15H. The number of carbonyl (C=O) groups is 2. The van der Waals surface area contributed by atoms with Crippen LogP contribution in [0.2, 0.25) is 0 Å². The molecule has 2 aliphatic heterocycles. The molecular formula is C17H10ClN3O2S3. The van der Waals surface area contributed by atoms with E-state index < -0.39 is 10.6 Å². The Kier molecular flexibility index (Phi) is 4.44. The van der Waals surface area contributed by atoms with Crippen molar-refractivity contribution in [3.05, 3.63) is 60.2 Å². The molecule has 1 atom stereocenters. The molecule has 26 heavy (non-hydrogen) atoms. The number of fused-ring (bicyclic) bond motifs is 1. The molecule has 1 unspecified atom stereocenters. The van der Waals surface area contributed by atoms with Crippen molar-refractivity contribution < 1.29 is 9.59 Å². The lowest BCUT2D eigenvalue weighted by molar-refractivity contribution is -0.117. The Balaban J connectivity index is 1.74. The van der Waals surface area contributed by atoms with Crippen LogP contribution < -0.4 is 9.91 Å². The fourth-order valence-corrected chi connectivity index (χ4v) is 4.86. The lowest BCUT2D eigenvalue weighted by Crippen LogP contribution is -2.44. The molecule has 0 radical (unpaired) electrons. The highest BCUT2D eigenvalue weighted by atomic mass is 35.5. The highest BCUT2D eigenvalue weighted by Crippen LogP contribution is 2.41. The van der Waals surface area contributed by atoms with Gasteiger partial charge in [-0.3, -0.25) is 14.5 Å². The van der Waals surface area contributed by atoms with Gasteiger partial charge in [-0.2, -0.15) is 0 Å². The van der Waals surface area contributed by atoms with E-state index >= 15 is 0 Å². The molecule has 1 amide bonds. The molecule has 130 valence electrons. The monoisotopic (exact) mass is 419 g/mol. The van der Waals surface area contributed by atoms with E-state index in [1.165, 1.54) is 16.7 Å². The topological polar surface area (TPSA) is 43.9 Å². The van der Waals surface area contributed by atoms with Gasteiger partial charge in [0.05, 0.1) is 11.4 Å². The summed E-state index contributed by atoms with van der Waals surface area (Å²) in [7, 11) is 0. The predicted molar refractivity (Wildman–Crippen MR) is 111 cm³/mol. The van der Waals surface area contributed by atoms with Crippen LogP contribution in [0, 0.1) is 0 Å². The van der Waals surface area contributed by atoms with E-state index in [9.17, 15) is 9.59 Å². The number of hydrogen-bond donors (Lipinski definition) is 0. The second kappa shape index (κ2) is 6.62. The molecule has 2 aliphatic rings. The molecule has 0 spiro atoms. The Bertz CT molecular complexity index is 953. The first-order valence-electron chi connectivity index (χ1n) is 7.52. The molecule has 0 aliphatic carbocycles. The molecule has 0 bridgehead atoms. The third-order valence-corrected chi connectivity index (χ3v) is 6.02. The Hall–Kier alpha value is -2.00. The Morgan fingerprint density at radius 2 is 1.73 bits per heavy atom. The van der Waals surface area contributed by atoms with E-state index in [1.54, 1.807) is 34.3 Å². The summed E-state index contributed by atoms with van der Waals surface area (Å²) < 4.78 is 0.484. The van der Waals surface area contributed by atoms with Crippen LogP contribution in [-0.2, 0) is 4.79 Å². The zero-order valence-electron chi connectivity index (χ0n) is 13.0. The zero-order chi connectivity index (χ0) is 18.4. The maximum atomic E-state index is 12.9. The summed E-state index contributed by atoms with van der Waals surface area (Å²) in [5.74, 6) is -0.152. The molecule has 0 saturated carbocycles. The number of hydrazine groups is 1.